The maximum atomic E-state index is 13.0. The Kier molecular flexibility index (Phi) is 7.18. The van der Waals surface area contributed by atoms with Gasteiger partial charge >= 0.3 is 5.97 Å². The van der Waals surface area contributed by atoms with E-state index >= 15 is 0 Å². The molecule has 190 valence electrons. The quantitative estimate of drug-likeness (QED) is 0.210. The van der Waals surface area contributed by atoms with Gasteiger partial charge in [-0.3, -0.25) is 24.5 Å². The number of hydrogen-bond acceptors (Lipinski definition) is 9. The van der Waals surface area contributed by atoms with E-state index < -0.39 is 17.6 Å². The zero-order chi connectivity index (χ0) is 26.8. The Balaban J connectivity index is 1.22. The first kappa shape index (κ1) is 25.5. The van der Waals surface area contributed by atoms with Crippen LogP contribution in [0.4, 0.5) is 5.69 Å². The molecule has 0 atom stereocenters. The van der Waals surface area contributed by atoms with E-state index in [1.165, 1.54) is 40.1 Å². The summed E-state index contributed by atoms with van der Waals surface area (Å²) in [4.78, 5) is 47.8. The molecule has 3 N–H and O–H groups in total. The third-order valence-electron chi connectivity index (χ3n) is 5.64. The number of carboxylic acid groups (broad SMARTS) is 1. The first-order valence-electron chi connectivity index (χ1n) is 11.2. The highest BCUT2D eigenvalue weighted by molar-refractivity contribution is 8.26. The molecule has 1 saturated heterocycles. The van der Waals surface area contributed by atoms with E-state index in [0.717, 1.165) is 33.1 Å². The first-order chi connectivity index (χ1) is 18.3. The van der Waals surface area contributed by atoms with Gasteiger partial charge in [-0.05, 0) is 52.9 Å². The number of anilines is 1. The van der Waals surface area contributed by atoms with Gasteiger partial charge in [0.05, 0.1) is 15.9 Å². The van der Waals surface area contributed by atoms with Crippen molar-refractivity contribution in [1.29, 1.82) is 0 Å². The fraction of sp³-hybridized carbons (Fsp3) is 0.0769. The number of carbonyl (C=O) groups is 3. The van der Waals surface area contributed by atoms with E-state index in [9.17, 15) is 19.5 Å². The lowest BCUT2D eigenvalue weighted by atomic mass is 10.1. The molecule has 0 bridgehead atoms. The number of fused-ring (bicyclic) bond motifs is 1. The van der Waals surface area contributed by atoms with Crippen LogP contribution in [-0.2, 0) is 9.59 Å². The molecule has 2 aromatic carbocycles. The molecule has 2 aromatic heterocycles. The Morgan fingerprint density at radius 2 is 1.84 bits per heavy atom. The molecule has 12 heteroatoms. The van der Waals surface area contributed by atoms with Gasteiger partial charge < -0.3 is 15.5 Å². The standard InChI is InChI=1S/C26H18N4O5S3/c31-21-11-16(2-3-18(21)25(34)35)29-23(32)5-8-30-24(33)22(38-26(30)36)12-17-9-15(13-37-17)14-1-4-19-20(10-14)28-7-6-27-19/h1-4,6-7,9-13,31H,5,8H2,(H,29,32)(H,34,35)/b22-12-. The Morgan fingerprint density at radius 3 is 2.61 bits per heavy atom. The maximum absolute atomic E-state index is 13.0. The van der Waals surface area contributed by atoms with Gasteiger partial charge in [0.1, 0.15) is 15.6 Å². The number of carbonyl (C=O) groups excluding carboxylic acids is 2. The van der Waals surface area contributed by atoms with Crippen LogP contribution in [0.25, 0.3) is 28.2 Å². The van der Waals surface area contributed by atoms with E-state index in [0.29, 0.717) is 9.23 Å². The van der Waals surface area contributed by atoms with Gasteiger partial charge in [0, 0.05) is 42.0 Å². The molecule has 1 fully saturated rings. The van der Waals surface area contributed by atoms with Gasteiger partial charge in [0.15, 0.2) is 0 Å². The van der Waals surface area contributed by atoms with Gasteiger partial charge in [-0.1, -0.05) is 30.0 Å². The highest BCUT2D eigenvalue weighted by Gasteiger charge is 2.32. The van der Waals surface area contributed by atoms with Crippen molar-refractivity contribution in [2.24, 2.45) is 0 Å². The fourth-order valence-corrected chi connectivity index (χ4v) is 5.99. The first-order valence-corrected chi connectivity index (χ1v) is 13.3. The topological polar surface area (TPSA) is 133 Å². The number of hydrogen-bond donors (Lipinski definition) is 3. The molecular formula is C26H18N4O5S3. The van der Waals surface area contributed by atoms with Crippen LogP contribution < -0.4 is 5.32 Å². The lowest BCUT2D eigenvalue weighted by Crippen LogP contribution is -2.31. The smallest absolute Gasteiger partial charge is 0.339 e. The van der Waals surface area contributed by atoms with Crippen molar-refractivity contribution in [2.75, 3.05) is 11.9 Å². The number of aromatic nitrogens is 2. The van der Waals surface area contributed by atoms with Crippen LogP contribution in [0.5, 0.6) is 5.75 Å². The number of nitrogens with zero attached hydrogens (tertiary/aromatic N) is 3. The average molecular weight is 563 g/mol. The van der Waals surface area contributed by atoms with Crippen LogP contribution in [0.1, 0.15) is 21.7 Å². The molecule has 0 saturated carbocycles. The predicted octanol–water partition coefficient (Wildman–Crippen LogP) is 4.99. The van der Waals surface area contributed by atoms with Gasteiger partial charge in [-0.2, -0.15) is 0 Å². The van der Waals surface area contributed by atoms with Crippen molar-refractivity contribution in [3.05, 3.63) is 75.6 Å². The van der Waals surface area contributed by atoms with Gasteiger partial charge in [-0.25, -0.2) is 4.79 Å². The molecule has 4 aromatic rings. The van der Waals surface area contributed by atoms with E-state index in [-0.39, 0.29) is 30.1 Å². The Labute approximate surface area is 229 Å². The maximum Gasteiger partial charge on any atom is 0.339 e. The minimum Gasteiger partial charge on any atom is -0.507 e. The molecule has 0 radical (unpaired) electrons. The molecule has 0 aliphatic carbocycles. The van der Waals surface area contributed by atoms with Crippen LogP contribution in [0.3, 0.4) is 0 Å². The number of phenols is 1. The van der Waals surface area contributed by atoms with Crippen LogP contribution in [-0.4, -0.2) is 53.7 Å². The summed E-state index contributed by atoms with van der Waals surface area (Å²) < 4.78 is 0.363. The number of aromatic hydroxyl groups is 1. The van der Waals surface area contributed by atoms with Crippen molar-refractivity contribution in [3.63, 3.8) is 0 Å². The molecule has 3 heterocycles. The predicted molar refractivity (Wildman–Crippen MR) is 151 cm³/mol. The Morgan fingerprint density at radius 1 is 1.05 bits per heavy atom. The molecular weight excluding hydrogens is 545 g/mol. The van der Waals surface area contributed by atoms with Crippen molar-refractivity contribution in [1.82, 2.24) is 14.9 Å². The van der Waals surface area contributed by atoms with Crippen molar-refractivity contribution >= 4 is 80.2 Å². The fourth-order valence-electron chi connectivity index (χ4n) is 3.77. The molecule has 0 spiro atoms. The van der Waals surface area contributed by atoms with Gasteiger partial charge in [-0.15, -0.1) is 11.3 Å². The number of carboxylic acids is 1. The van der Waals surface area contributed by atoms with E-state index in [1.807, 2.05) is 29.6 Å². The number of thiophene rings is 1. The van der Waals surface area contributed by atoms with Gasteiger partial charge in [0.25, 0.3) is 5.91 Å². The van der Waals surface area contributed by atoms with E-state index in [4.69, 9.17) is 17.3 Å². The second kappa shape index (κ2) is 10.7. The summed E-state index contributed by atoms with van der Waals surface area (Å²) in [5.74, 6) is -2.41. The van der Waals surface area contributed by atoms with Crippen molar-refractivity contribution in [3.8, 4) is 16.9 Å². The molecule has 5 rings (SSSR count). The van der Waals surface area contributed by atoms with Crippen LogP contribution in [0.2, 0.25) is 0 Å². The number of rotatable bonds is 7. The summed E-state index contributed by atoms with van der Waals surface area (Å²) in [5.41, 5.74) is 3.60. The SMILES string of the molecule is O=C(CCN1C(=O)/C(=C/c2cc(-c3ccc4nccnc4c3)cs2)SC1=S)Nc1ccc(C(=O)O)c(O)c1. The van der Waals surface area contributed by atoms with Crippen molar-refractivity contribution in [2.45, 2.75) is 6.42 Å². The molecule has 0 unspecified atom stereocenters. The summed E-state index contributed by atoms with van der Waals surface area (Å²) in [6, 6.07) is 11.6. The number of nitrogens with one attached hydrogen (secondary N) is 1. The number of thioether (sulfide) groups is 1. The zero-order valence-electron chi connectivity index (χ0n) is 19.5. The number of amides is 2. The second-order valence-corrected chi connectivity index (χ2v) is 10.8. The van der Waals surface area contributed by atoms with E-state index in [2.05, 4.69) is 15.3 Å². The third-order valence-corrected chi connectivity index (χ3v) is 7.90. The molecule has 2 amide bonds. The lowest BCUT2D eigenvalue weighted by molar-refractivity contribution is -0.122. The highest BCUT2D eigenvalue weighted by atomic mass is 32.2. The zero-order valence-corrected chi connectivity index (χ0v) is 21.9. The normalized spacial score (nSPS) is 14.4. The molecule has 9 nitrogen and oxygen atoms in total. The Hall–Kier alpha value is -4.13. The van der Waals surface area contributed by atoms with Crippen LogP contribution >= 0.6 is 35.3 Å². The molecule has 1 aliphatic heterocycles. The van der Waals surface area contributed by atoms with Crippen molar-refractivity contribution < 1.29 is 24.6 Å². The lowest BCUT2D eigenvalue weighted by Gasteiger charge is -2.14. The Bertz CT molecular complexity index is 1650. The van der Waals surface area contributed by atoms with E-state index in [1.54, 1.807) is 18.5 Å². The van der Waals surface area contributed by atoms with Crippen LogP contribution in [0, 0.1) is 0 Å². The van der Waals surface area contributed by atoms with Gasteiger partial charge in [0.2, 0.25) is 5.91 Å². The number of aromatic carboxylic acids is 1. The summed E-state index contributed by atoms with van der Waals surface area (Å²) in [6.07, 6.45) is 5.07. The second-order valence-electron chi connectivity index (χ2n) is 8.17. The summed E-state index contributed by atoms with van der Waals surface area (Å²) in [7, 11) is 0. The molecule has 38 heavy (non-hydrogen) atoms. The largest absolute Gasteiger partial charge is 0.507 e. The average Bonchev–Trinajstić information content (AvgIpc) is 3.46. The minimum absolute atomic E-state index is 0.0326. The summed E-state index contributed by atoms with van der Waals surface area (Å²) >= 11 is 8.06. The third kappa shape index (κ3) is 5.42. The highest BCUT2D eigenvalue weighted by Crippen LogP contribution is 2.35. The number of thiocarbonyl (C=S) groups is 1. The summed E-state index contributed by atoms with van der Waals surface area (Å²) in [6.45, 7) is 0.0842. The summed E-state index contributed by atoms with van der Waals surface area (Å²) in [5, 5.41) is 23.4. The minimum atomic E-state index is -1.27. The monoisotopic (exact) mass is 562 g/mol. The van der Waals surface area contributed by atoms with Crippen LogP contribution in [0.15, 0.2) is 65.1 Å². The number of benzene rings is 2. The molecule has 1 aliphatic rings.